The van der Waals surface area contributed by atoms with E-state index in [1.54, 1.807) is 24.3 Å². The van der Waals surface area contributed by atoms with Crippen molar-refractivity contribution in [2.24, 2.45) is 0 Å². The van der Waals surface area contributed by atoms with Crippen LogP contribution in [-0.2, 0) is 21.9 Å². The van der Waals surface area contributed by atoms with Gasteiger partial charge in [-0.1, -0.05) is 57.9 Å². The molecule has 5 heteroatoms. The van der Waals surface area contributed by atoms with Crippen LogP contribution >= 0.6 is 15.9 Å². The van der Waals surface area contributed by atoms with E-state index in [0.29, 0.717) is 11.4 Å². The average Bonchev–Trinajstić information content (AvgIpc) is 2.46. The Morgan fingerprint density at radius 3 is 2.05 bits per heavy atom. The average molecular weight is 354 g/mol. The Bertz CT molecular complexity index is 664. The van der Waals surface area contributed by atoms with Crippen molar-refractivity contribution >= 4 is 26.0 Å². The molecule has 0 saturated heterocycles. The monoisotopic (exact) mass is 353 g/mol. The van der Waals surface area contributed by atoms with Crippen LogP contribution in [0.2, 0.25) is 0 Å². The topological polar surface area (TPSA) is 46.2 Å². The van der Waals surface area contributed by atoms with Crippen molar-refractivity contribution in [1.29, 1.82) is 0 Å². The van der Waals surface area contributed by atoms with E-state index in [-0.39, 0.29) is 0 Å². The van der Waals surface area contributed by atoms with Crippen LogP contribution in [0.5, 0.6) is 0 Å². The molecule has 0 saturated carbocycles. The summed E-state index contributed by atoms with van der Waals surface area (Å²) in [6.45, 7) is 2.22. The molecule has 1 N–H and O–H groups in total. The zero-order valence-corrected chi connectivity index (χ0v) is 13.5. The third kappa shape index (κ3) is 3.91. The molecule has 0 heterocycles. The van der Waals surface area contributed by atoms with Gasteiger partial charge in [-0.2, -0.15) is 0 Å². The van der Waals surface area contributed by atoms with E-state index in [9.17, 15) is 8.42 Å². The van der Waals surface area contributed by atoms with Gasteiger partial charge in [0.2, 0.25) is 10.0 Å². The van der Waals surface area contributed by atoms with E-state index in [1.807, 2.05) is 31.2 Å². The molecule has 0 radical (unpaired) electrons. The van der Waals surface area contributed by atoms with Crippen molar-refractivity contribution in [3.63, 3.8) is 0 Å². The van der Waals surface area contributed by atoms with E-state index in [1.165, 1.54) is 0 Å². The van der Waals surface area contributed by atoms with Crippen molar-refractivity contribution < 1.29 is 8.42 Å². The highest BCUT2D eigenvalue weighted by Crippen LogP contribution is 2.12. The van der Waals surface area contributed by atoms with Crippen LogP contribution < -0.4 is 4.72 Å². The highest BCUT2D eigenvalue weighted by atomic mass is 79.9. The Balaban J connectivity index is 2.06. The smallest absolute Gasteiger partial charge is 0.207 e. The van der Waals surface area contributed by atoms with Gasteiger partial charge in [0, 0.05) is 11.9 Å². The second-order valence-corrected chi connectivity index (χ2v) is 6.92. The number of sulfonamides is 1. The van der Waals surface area contributed by atoms with Gasteiger partial charge in [-0.05, 0) is 30.2 Å². The summed E-state index contributed by atoms with van der Waals surface area (Å²) >= 11 is 3.38. The van der Waals surface area contributed by atoms with E-state index in [0.717, 1.165) is 22.0 Å². The first-order chi connectivity index (χ1) is 9.51. The molecule has 106 valence electrons. The van der Waals surface area contributed by atoms with Crippen molar-refractivity contribution in [3.05, 3.63) is 65.2 Å². The van der Waals surface area contributed by atoms with Gasteiger partial charge in [0.05, 0.1) is 4.90 Å². The van der Waals surface area contributed by atoms with Crippen molar-refractivity contribution in [1.82, 2.24) is 4.72 Å². The molecular formula is C15H16BrNO2S. The van der Waals surface area contributed by atoms with Gasteiger partial charge < -0.3 is 0 Å². The minimum atomic E-state index is -3.45. The number of halogens is 1. The van der Waals surface area contributed by atoms with Gasteiger partial charge in [-0.3, -0.25) is 0 Å². The Morgan fingerprint density at radius 2 is 1.50 bits per heavy atom. The number of alkyl halides is 1. The highest BCUT2D eigenvalue weighted by molar-refractivity contribution is 9.08. The molecule has 0 unspecified atom stereocenters. The van der Waals surface area contributed by atoms with Gasteiger partial charge in [-0.25, -0.2) is 13.1 Å². The lowest BCUT2D eigenvalue weighted by Gasteiger charge is -2.07. The lowest BCUT2D eigenvalue weighted by molar-refractivity contribution is 0.581. The SMILES string of the molecule is Cc1ccc(S(=O)(=O)NCc2ccc(CBr)cc2)cc1. The summed E-state index contributed by atoms with van der Waals surface area (Å²) in [5, 5.41) is 0.794. The number of aryl methyl sites for hydroxylation is 1. The molecule has 20 heavy (non-hydrogen) atoms. The predicted octanol–water partition coefficient (Wildman–Crippen LogP) is 3.37. The molecule has 2 rings (SSSR count). The van der Waals surface area contributed by atoms with Crippen LogP contribution in [0.25, 0.3) is 0 Å². The number of hydrogen-bond donors (Lipinski definition) is 1. The number of rotatable bonds is 5. The van der Waals surface area contributed by atoms with Crippen LogP contribution in [0.15, 0.2) is 53.4 Å². The largest absolute Gasteiger partial charge is 0.240 e. The molecule has 0 aliphatic heterocycles. The molecule has 0 aliphatic carbocycles. The second-order valence-electron chi connectivity index (χ2n) is 4.59. The van der Waals surface area contributed by atoms with Gasteiger partial charge in [0.25, 0.3) is 0 Å². The molecule has 2 aromatic rings. The maximum absolute atomic E-state index is 12.1. The Labute approximate surface area is 128 Å². The van der Waals surface area contributed by atoms with Gasteiger partial charge in [0.15, 0.2) is 0 Å². The van der Waals surface area contributed by atoms with Crippen LogP contribution in [0.4, 0.5) is 0 Å². The van der Waals surface area contributed by atoms with E-state index in [2.05, 4.69) is 20.7 Å². The Hall–Kier alpha value is -1.17. The summed E-state index contributed by atoms with van der Waals surface area (Å²) < 4.78 is 26.9. The molecule has 0 atom stereocenters. The fourth-order valence-electron chi connectivity index (χ4n) is 1.73. The van der Waals surface area contributed by atoms with Crippen LogP contribution in [0, 0.1) is 6.92 Å². The summed E-state index contributed by atoms with van der Waals surface area (Å²) in [6, 6.07) is 14.6. The quantitative estimate of drug-likeness (QED) is 0.837. The lowest BCUT2D eigenvalue weighted by atomic mass is 10.2. The summed E-state index contributed by atoms with van der Waals surface area (Å²) in [5.41, 5.74) is 3.13. The fraction of sp³-hybridized carbons (Fsp3) is 0.200. The zero-order chi connectivity index (χ0) is 14.6. The van der Waals surface area contributed by atoms with E-state index < -0.39 is 10.0 Å². The van der Waals surface area contributed by atoms with E-state index >= 15 is 0 Å². The molecule has 0 spiro atoms. The molecule has 0 bridgehead atoms. The third-order valence-electron chi connectivity index (χ3n) is 2.97. The first-order valence-electron chi connectivity index (χ1n) is 6.21. The predicted molar refractivity (Wildman–Crippen MR) is 84.3 cm³/mol. The minimum Gasteiger partial charge on any atom is -0.207 e. The molecule has 0 fully saturated rings. The Kier molecular flexibility index (Phi) is 4.96. The summed E-state index contributed by atoms with van der Waals surface area (Å²) in [5.74, 6) is 0. The highest BCUT2D eigenvalue weighted by Gasteiger charge is 2.12. The number of benzene rings is 2. The van der Waals surface area contributed by atoms with Crippen LogP contribution in [0.1, 0.15) is 16.7 Å². The zero-order valence-electron chi connectivity index (χ0n) is 11.1. The van der Waals surface area contributed by atoms with Crippen LogP contribution in [0.3, 0.4) is 0 Å². The first kappa shape index (κ1) is 15.2. The third-order valence-corrected chi connectivity index (χ3v) is 5.04. The normalized spacial score (nSPS) is 11.5. The van der Waals surface area contributed by atoms with Crippen LogP contribution in [-0.4, -0.2) is 8.42 Å². The molecule has 3 nitrogen and oxygen atoms in total. The number of hydrogen-bond acceptors (Lipinski definition) is 2. The minimum absolute atomic E-state index is 0.290. The van der Waals surface area contributed by atoms with Crippen molar-refractivity contribution in [3.8, 4) is 0 Å². The maximum Gasteiger partial charge on any atom is 0.240 e. The second kappa shape index (κ2) is 6.52. The molecular weight excluding hydrogens is 338 g/mol. The van der Waals surface area contributed by atoms with Gasteiger partial charge in [0.1, 0.15) is 0 Å². The van der Waals surface area contributed by atoms with Gasteiger partial charge >= 0.3 is 0 Å². The summed E-state index contributed by atoms with van der Waals surface area (Å²) in [4.78, 5) is 0.292. The molecule has 2 aromatic carbocycles. The lowest BCUT2D eigenvalue weighted by Crippen LogP contribution is -2.23. The first-order valence-corrected chi connectivity index (χ1v) is 8.82. The Morgan fingerprint density at radius 1 is 0.950 bits per heavy atom. The molecule has 0 aromatic heterocycles. The fourth-order valence-corrected chi connectivity index (χ4v) is 3.12. The molecule has 0 amide bonds. The summed E-state index contributed by atoms with van der Waals surface area (Å²) in [6.07, 6.45) is 0. The standard InChI is InChI=1S/C15H16BrNO2S/c1-12-2-8-15(9-3-12)20(18,19)17-11-14-6-4-13(10-16)5-7-14/h2-9,17H,10-11H2,1H3. The van der Waals surface area contributed by atoms with Gasteiger partial charge in [-0.15, -0.1) is 0 Å². The van der Waals surface area contributed by atoms with Crippen molar-refractivity contribution in [2.45, 2.75) is 23.7 Å². The van der Waals surface area contributed by atoms with E-state index in [4.69, 9.17) is 0 Å². The molecule has 0 aliphatic rings. The van der Waals surface area contributed by atoms with Crippen molar-refractivity contribution in [2.75, 3.05) is 0 Å². The maximum atomic E-state index is 12.1. The number of nitrogens with one attached hydrogen (secondary N) is 1. The summed E-state index contributed by atoms with van der Waals surface area (Å²) in [7, 11) is -3.45.